The maximum absolute atomic E-state index is 12.4. The minimum Gasteiger partial charge on any atom is -0.495 e. The van der Waals surface area contributed by atoms with E-state index in [-0.39, 0.29) is 9.92 Å². The average Bonchev–Trinajstić information content (AvgIpc) is 2.42. The molecule has 0 aliphatic carbocycles. The number of pyridine rings is 1. The fraction of sp³-hybridized carbons (Fsp3) is 0.0833. The molecule has 2 rings (SSSR count). The molecule has 0 radical (unpaired) electrons. The summed E-state index contributed by atoms with van der Waals surface area (Å²) in [4.78, 5) is 3.68. The number of halogens is 3. The Hall–Kier alpha value is -0.830. The zero-order valence-electron chi connectivity index (χ0n) is 10.6. The Morgan fingerprint density at radius 2 is 2.00 bits per heavy atom. The van der Waals surface area contributed by atoms with Crippen LogP contribution in [0.2, 0.25) is 5.02 Å². The number of ether oxygens (including phenoxy) is 1. The standard InChI is InChI=1S/C12H9Br2ClN2O3S/c1-20-11-5-10(7(13)4-8(11)14)17-21(18,19)12-6-16-3-2-9(12)15/h2-6,17H,1H3. The summed E-state index contributed by atoms with van der Waals surface area (Å²) in [6.45, 7) is 0. The summed E-state index contributed by atoms with van der Waals surface area (Å²) >= 11 is 12.5. The molecule has 0 aliphatic heterocycles. The summed E-state index contributed by atoms with van der Waals surface area (Å²) in [5.41, 5.74) is 0.329. The average molecular weight is 457 g/mol. The number of aromatic nitrogens is 1. The molecule has 1 heterocycles. The monoisotopic (exact) mass is 454 g/mol. The quantitative estimate of drug-likeness (QED) is 0.753. The van der Waals surface area contributed by atoms with Crippen molar-refractivity contribution in [2.75, 3.05) is 11.8 Å². The lowest BCUT2D eigenvalue weighted by Gasteiger charge is -2.13. The maximum Gasteiger partial charge on any atom is 0.264 e. The molecule has 1 N–H and O–H groups in total. The second-order valence-corrected chi connectivity index (χ2v) is 7.64. The van der Waals surface area contributed by atoms with Crippen molar-refractivity contribution < 1.29 is 13.2 Å². The first kappa shape index (κ1) is 16.5. The number of benzene rings is 1. The Bertz CT molecular complexity index is 784. The number of hydrogen-bond acceptors (Lipinski definition) is 4. The van der Waals surface area contributed by atoms with Crippen molar-refractivity contribution in [3.63, 3.8) is 0 Å². The van der Waals surface area contributed by atoms with E-state index >= 15 is 0 Å². The third-order valence-corrected chi connectivity index (χ3v) is 5.62. The number of sulfonamides is 1. The zero-order chi connectivity index (χ0) is 15.6. The zero-order valence-corrected chi connectivity index (χ0v) is 15.3. The molecule has 0 amide bonds. The molecule has 0 fully saturated rings. The summed E-state index contributed by atoms with van der Waals surface area (Å²) in [5, 5.41) is 0.0951. The molecule has 0 atom stereocenters. The normalized spacial score (nSPS) is 11.2. The van der Waals surface area contributed by atoms with Gasteiger partial charge in [-0.1, -0.05) is 11.6 Å². The van der Waals surface area contributed by atoms with Crippen molar-refractivity contribution in [1.29, 1.82) is 0 Å². The van der Waals surface area contributed by atoms with Crippen LogP contribution in [0.25, 0.3) is 0 Å². The molecule has 21 heavy (non-hydrogen) atoms. The van der Waals surface area contributed by atoms with E-state index in [1.54, 1.807) is 12.1 Å². The molecule has 0 aliphatic rings. The maximum atomic E-state index is 12.4. The van der Waals surface area contributed by atoms with Crippen LogP contribution in [0.4, 0.5) is 5.69 Å². The van der Waals surface area contributed by atoms with Crippen LogP contribution >= 0.6 is 43.5 Å². The third kappa shape index (κ3) is 3.68. The van der Waals surface area contributed by atoms with E-state index in [9.17, 15) is 8.42 Å². The second kappa shape index (κ2) is 6.51. The van der Waals surface area contributed by atoms with Crippen LogP contribution in [-0.4, -0.2) is 20.5 Å². The Morgan fingerprint density at radius 3 is 2.62 bits per heavy atom. The van der Waals surface area contributed by atoms with E-state index in [1.165, 1.54) is 25.6 Å². The SMILES string of the molecule is COc1cc(NS(=O)(=O)c2cnccc2Cl)c(Br)cc1Br. The van der Waals surface area contributed by atoms with Gasteiger partial charge in [0.05, 0.1) is 22.3 Å². The highest BCUT2D eigenvalue weighted by molar-refractivity contribution is 9.11. The summed E-state index contributed by atoms with van der Waals surface area (Å²) in [7, 11) is -2.36. The van der Waals surface area contributed by atoms with Crippen LogP contribution in [0.1, 0.15) is 0 Å². The highest BCUT2D eigenvalue weighted by Crippen LogP contribution is 2.36. The highest BCUT2D eigenvalue weighted by atomic mass is 79.9. The summed E-state index contributed by atoms with van der Waals surface area (Å²) < 4.78 is 33.5. The lowest BCUT2D eigenvalue weighted by atomic mass is 10.3. The summed E-state index contributed by atoms with van der Waals surface area (Å²) in [6.07, 6.45) is 2.61. The lowest BCUT2D eigenvalue weighted by molar-refractivity contribution is 0.412. The van der Waals surface area contributed by atoms with Gasteiger partial charge in [-0.05, 0) is 44.0 Å². The minimum atomic E-state index is -3.85. The van der Waals surface area contributed by atoms with Crippen molar-refractivity contribution in [2.45, 2.75) is 4.90 Å². The van der Waals surface area contributed by atoms with E-state index in [4.69, 9.17) is 16.3 Å². The summed E-state index contributed by atoms with van der Waals surface area (Å²) in [6, 6.07) is 4.64. The van der Waals surface area contributed by atoms with Gasteiger partial charge >= 0.3 is 0 Å². The van der Waals surface area contributed by atoms with Gasteiger partial charge in [0, 0.05) is 22.9 Å². The Morgan fingerprint density at radius 1 is 1.29 bits per heavy atom. The van der Waals surface area contributed by atoms with Gasteiger partial charge in [0.2, 0.25) is 0 Å². The van der Waals surface area contributed by atoms with Crippen LogP contribution in [0.3, 0.4) is 0 Å². The molecule has 0 spiro atoms. The molecule has 0 saturated carbocycles. The van der Waals surface area contributed by atoms with Crippen LogP contribution in [-0.2, 0) is 10.0 Å². The van der Waals surface area contributed by atoms with Gasteiger partial charge in [-0.25, -0.2) is 8.42 Å². The molecular weight excluding hydrogens is 447 g/mol. The number of hydrogen-bond donors (Lipinski definition) is 1. The molecule has 9 heteroatoms. The van der Waals surface area contributed by atoms with Crippen LogP contribution in [0, 0.1) is 0 Å². The first-order valence-electron chi connectivity index (χ1n) is 5.50. The van der Waals surface area contributed by atoms with Crippen molar-refractivity contribution in [2.24, 2.45) is 0 Å². The molecule has 2 aromatic rings. The molecule has 0 saturated heterocycles. The van der Waals surface area contributed by atoms with Gasteiger partial charge in [0.1, 0.15) is 10.6 Å². The Kier molecular flexibility index (Phi) is 5.13. The van der Waals surface area contributed by atoms with Gasteiger partial charge in [0.15, 0.2) is 0 Å². The van der Waals surface area contributed by atoms with Crippen molar-refractivity contribution >= 4 is 59.2 Å². The number of nitrogens with one attached hydrogen (secondary N) is 1. The first-order chi connectivity index (χ1) is 9.85. The van der Waals surface area contributed by atoms with Crippen LogP contribution in [0.15, 0.2) is 44.4 Å². The minimum absolute atomic E-state index is 0.0951. The molecule has 0 unspecified atom stereocenters. The Labute approximate surface area is 144 Å². The van der Waals surface area contributed by atoms with Crippen LogP contribution < -0.4 is 9.46 Å². The molecule has 0 bridgehead atoms. The highest BCUT2D eigenvalue weighted by Gasteiger charge is 2.20. The van der Waals surface area contributed by atoms with Gasteiger partial charge in [-0.15, -0.1) is 0 Å². The van der Waals surface area contributed by atoms with Crippen molar-refractivity contribution in [3.05, 3.63) is 44.6 Å². The largest absolute Gasteiger partial charge is 0.495 e. The van der Waals surface area contributed by atoms with Crippen molar-refractivity contribution in [3.8, 4) is 5.75 Å². The topological polar surface area (TPSA) is 68.3 Å². The van der Waals surface area contributed by atoms with Gasteiger partial charge in [0.25, 0.3) is 10.0 Å². The van der Waals surface area contributed by atoms with E-state index in [0.717, 1.165) is 0 Å². The molecule has 1 aromatic heterocycles. The number of anilines is 1. The number of rotatable bonds is 4. The third-order valence-electron chi connectivity index (χ3n) is 2.51. The predicted octanol–water partition coefficient (Wildman–Crippen LogP) is 4.07. The molecule has 5 nitrogen and oxygen atoms in total. The summed E-state index contributed by atoms with van der Waals surface area (Å²) in [5.74, 6) is 0.494. The number of nitrogens with zero attached hydrogens (tertiary/aromatic N) is 1. The molecule has 1 aromatic carbocycles. The second-order valence-electron chi connectivity index (χ2n) is 3.88. The van der Waals surface area contributed by atoms with E-state index in [1.807, 2.05) is 0 Å². The van der Waals surface area contributed by atoms with Gasteiger partial charge in [-0.2, -0.15) is 0 Å². The fourth-order valence-corrected chi connectivity index (χ4v) is 4.41. The smallest absolute Gasteiger partial charge is 0.264 e. The predicted molar refractivity (Wildman–Crippen MR) is 88.4 cm³/mol. The number of methoxy groups -OCH3 is 1. The van der Waals surface area contributed by atoms with Crippen LogP contribution in [0.5, 0.6) is 5.75 Å². The van der Waals surface area contributed by atoms with Gasteiger partial charge < -0.3 is 4.74 Å². The van der Waals surface area contributed by atoms with Crippen molar-refractivity contribution in [1.82, 2.24) is 4.98 Å². The van der Waals surface area contributed by atoms with E-state index < -0.39 is 10.0 Å². The van der Waals surface area contributed by atoms with E-state index in [2.05, 4.69) is 41.6 Å². The van der Waals surface area contributed by atoms with Gasteiger partial charge in [-0.3, -0.25) is 9.71 Å². The molecular formula is C12H9Br2ClN2O3S. The Balaban J connectivity index is 2.44. The lowest BCUT2D eigenvalue weighted by Crippen LogP contribution is -2.14. The first-order valence-corrected chi connectivity index (χ1v) is 8.95. The molecule has 112 valence electrons. The fourth-order valence-electron chi connectivity index (χ4n) is 1.52. The van der Waals surface area contributed by atoms with E-state index in [0.29, 0.717) is 20.4 Å².